The molecule has 0 saturated heterocycles. The molecule has 2 aromatic heterocycles. The van der Waals surface area contributed by atoms with Crippen LogP contribution in [0.1, 0.15) is 27.3 Å². The van der Waals surface area contributed by atoms with Crippen molar-refractivity contribution in [2.75, 3.05) is 0 Å². The molecule has 1 N–H and O–H groups in total. The van der Waals surface area contributed by atoms with Crippen LogP contribution >= 0.6 is 0 Å². The van der Waals surface area contributed by atoms with Gasteiger partial charge in [-0.2, -0.15) is 0 Å². The van der Waals surface area contributed by atoms with Crippen molar-refractivity contribution in [3.8, 4) is 5.69 Å². The number of nitro benzene ring substituents is 1. The van der Waals surface area contributed by atoms with Crippen LogP contribution in [-0.2, 0) is 13.1 Å². The highest BCUT2D eigenvalue weighted by Crippen LogP contribution is 2.18. The number of rotatable bonds is 7. The normalized spacial score (nSPS) is 10.7. The number of aromatic nitrogens is 4. The zero-order valence-electron chi connectivity index (χ0n) is 17.7. The Balaban J connectivity index is 1.41. The van der Waals surface area contributed by atoms with Gasteiger partial charge in [-0.15, -0.1) is 5.10 Å². The van der Waals surface area contributed by atoms with Crippen LogP contribution < -0.4 is 10.9 Å². The first-order valence-electron chi connectivity index (χ1n) is 10.1. The maximum absolute atomic E-state index is 12.6. The van der Waals surface area contributed by atoms with Gasteiger partial charge in [-0.05, 0) is 30.2 Å². The molecule has 10 nitrogen and oxygen atoms in total. The lowest BCUT2D eigenvalue weighted by Gasteiger charge is -2.08. The Kier molecular flexibility index (Phi) is 6.07. The molecule has 0 spiro atoms. The molecule has 33 heavy (non-hydrogen) atoms. The molecule has 0 aliphatic rings. The van der Waals surface area contributed by atoms with Crippen LogP contribution in [0.3, 0.4) is 0 Å². The van der Waals surface area contributed by atoms with Crippen LogP contribution in [0.5, 0.6) is 0 Å². The van der Waals surface area contributed by atoms with E-state index in [1.807, 2.05) is 30.3 Å². The van der Waals surface area contributed by atoms with Crippen LogP contribution in [0, 0.1) is 17.0 Å². The minimum absolute atomic E-state index is 0.0673. The van der Waals surface area contributed by atoms with Crippen LogP contribution in [0.2, 0.25) is 0 Å². The first-order valence-corrected chi connectivity index (χ1v) is 10.1. The van der Waals surface area contributed by atoms with Gasteiger partial charge in [0, 0.05) is 30.9 Å². The Morgan fingerprint density at radius 2 is 1.82 bits per heavy atom. The number of benzene rings is 2. The van der Waals surface area contributed by atoms with Gasteiger partial charge in [0.25, 0.3) is 17.2 Å². The lowest BCUT2D eigenvalue weighted by molar-refractivity contribution is -0.384. The number of hydrogen-bond acceptors (Lipinski definition) is 6. The zero-order valence-corrected chi connectivity index (χ0v) is 17.7. The quantitative estimate of drug-likeness (QED) is 0.345. The van der Waals surface area contributed by atoms with Gasteiger partial charge in [-0.25, -0.2) is 4.68 Å². The smallest absolute Gasteiger partial charge is 0.274 e. The highest BCUT2D eigenvalue weighted by molar-refractivity contribution is 5.93. The van der Waals surface area contributed by atoms with E-state index in [1.54, 1.807) is 35.9 Å². The van der Waals surface area contributed by atoms with Gasteiger partial charge in [0.05, 0.1) is 22.8 Å². The summed E-state index contributed by atoms with van der Waals surface area (Å²) < 4.78 is 3.01. The van der Waals surface area contributed by atoms with E-state index in [1.165, 1.54) is 22.9 Å². The van der Waals surface area contributed by atoms with Gasteiger partial charge in [-0.1, -0.05) is 41.6 Å². The van der Waals surface area contributed by atoms with Gasteiger partial charge >= 0.3 is 0 Å². The Bertz CT molecular complexity index is 1370. The molecule has 0 aliphatic heterocycles. The molecule has 4 rings (SSSR count). The topological polar surface area (TPSA) is 125 Å². The number of nitrogens with one attached hydrogen (secondary N) is 1. The van der Waals surface area contributed by atoms with Gasteiger partial charge in [0.15, 0.2) is 5.69 Å². The Morgan fingerprint density at radius 3 is 2.55 bits per heavy atom. The summed E-state index contributed by atoms with van der Waals surface area (Å²) in [6.45, 7) is 2.42. The molecule has 10 heteroatoms. The van der Waals surface area contributed by atoms with Crippen LogP contribution in [-0.4, -0.2) is 30.4 Å². The van der Waals surface area contributed by atoms with Crippen molar-refractivity contribution >= 4 is 11.6 Å². The Morgan fingerprint density at radius 1 is 1.06 bits per heavy atom. The number of nitro groups is 1. The van der Waals surface area contributed by atoms with E-state index in [2.05, 4.69) is 15.6 Å². The molecule has 2 heterocycles. The average Bonchev–Trinajstić information content (AvgIpc) is 3.21. The highest BCUT2D eigenvalue weighted by atomic mass is 16.6. The Labute approximate surface area is 188 Å². The minimum Gasteiger partial charge on any atom is -0.347 e. The third-order valence-electron chi connectivity index (χ3n) is 5.12. The van der Waals surface area contributed by atoms with E-state index in [9.17, 15) is 19.7 Å². The van der Waals surface area contributed by atoms with Crippen molar-refractivity contribution in [3.63, 3.8) is 0 Å². The fraction of sp³-hybridized carbons (Fsp3) is 0.130. The first-order chi connectivity index (χ1) is 15.9. The Hall–Kier alpha value is -4.60. The number of pyridine rings is 1. The predicted octanol–water partition coefficient (Wildman–Crippen LogP) is 2.62. The lowest BCUT2D eigenvalue weighted by atomic mass is 10.1. The van der Waals surface area contributed by atoms with E-state index < -0.39 is 10.8 Å². The molecule has 0 aliphatic carbocycles. The second-order valence-electron chi connectivity index (χ2n) is 7.38. The van der Waals surface area contributed by atoms with E-state index >= 15 is 0 Å². The SMILES string of the molecule is Cc1c(C(=O)NCc2ccc(Cn3ccccc3=O)cc2)nnn1-c1cccc([N+](=O)[O-])c1. The molecule has 0 unspecified atom stereocenters. The second kappa shape index (κ2) is 9.27. The largest absolute Gasteiger partial charge is 0.347 e. The summed E-state index contributed by atoms with van der Waals surface area (Å²) in [4.78, 5) is 35.0. The summed E-state index contributed by atoms with van der Waals surface area (Å²) in [5.74, 6) is -0.399. The van der Waals surface area contributed by atoms with E-state index in [4.69, 9.17) is 0 Å². The van der Waals surface area contributed by atoms with Gasteiger partial charge in [-0.3, -0.25) is 19.7 Å². The zero-order chi connectivity index (χ0) is 23.4. The molecule has 166 valence electrons. The van der Waals surface area contributed by atoms with E-state index in [0.29, 0.717) is 17.9 Å². The molecule has 2 aromatic carbocycles. The van der Waals surface area contributed by atoms with Crippen molar-refractivity contribution in [3.05, 3.63) is 116 Å². The molecule has 1 amide bonds. The second-order valence-corrected chi connectivity index (χ2v) is 7.38. The van der Waals surface area contributed by atoms with Crippen LogP contribution in [0.25, 0.3) is 5.69 Å². The van der Waals surface area contributed by atoms with Crippen molar-refractivity contribution in [1.82, 2.24) is 24.9 Å². The fourth-order valence-corrected chi connectivity index (χ4v) is 3.34. The number of non-ortho nitro benzene ring substituents is 1. The van der Waals surface area contributed by atoms with E-state index in [-0.39, 0.29) is 23.5 Å². The fourth-order valence-electron chi connectivity index (χ4n) is 3.34. The number of carbonyl (C=O) groups is 1. The summed E-state index contributed by atoms with van der Waals surface area (Å²) in [6.07, 6.45) is 1.74. The maximum Gasteiger partial charge on any atom is 0.274 e. The number of amides is 1. The van der Waals surface area contributed by atoms with Crippen molar-refractivity contribution in [2.24, 2.45) is 0 Å². The maximum atomic E-state index is 12.6. The van der Waals surface area contributed by atoms with E-state index in [0.717, 1.165) is 11.1 Å². The molecule has 0 atom stereocenters. The number of hydrogen-bond donors (Lipinski definition) is 1. The summed E-state index contributed by atoms with van der Waals surface area (Å²) in [7, 11) is 0. The summed E-state index contributed by atoms with van der Waals surface area (Å²) in [5.41, 5.74) is 2.77. The molecular weight excluding hydrogens is 424 g/mol. The third kappa shape index (κ3) is 4.85. The van der Waals surface area contributed by atoms with Crippen molar-refractivity contribution in [2.45, 2.75) is 20.0 Å². The molecule has 4 aromatic rings. The molecular formula is C23H20N6O4. The van der Waals surface area contributed by atoms with Crippen molar-refractivity contribution in [1.29, 1.82) is 0 Å². The number of carbonyl (C=O) groups excluding carboxylic acids is 1. The lowest BCUT2D eigenvalue weighted by Crippen LogP contribution is -2.24. The third-order valence-corrected chi connectivity index (χ3v) is 5.12. The van der Waals surface area contributed by atoms with Crippen molar-refractivity contribution < 1.29 is 9.72 Å². The van der Waals surface area contributed by atoms with Crippen LogP contribution in [0.15, 0.2) is 77.7 Å². The van der Waals surface area contributed by atoms with Gasteiger partial charge < -0.3 is 9.88 Å². The summed E-state index contributed by atoms with van der Waals surface area (Å²) in [5, 5.41) is 21.7. The van der Waals surface area contributed by atoms with Gasteiger partial charge in [0.1, 0.15) is 0 Å². The average molecular weight is 444 g/mol. The number of nitrogens with zero attached hydrogens (tertiary/aromatic N) is 5. The monoisotopic (exact) mass is 444 g/mol. The summed E-state index contributed by atoms with van der Waals surface area (Å²) in [6, 6.07) is 18.6. The minimum atomic E-state index is -0.493. The van der Waals surface area contributed by atoms with Gasteiger partial charge in [0.2, 0.25) is 0 Å². The predicted molar refractivity (Wildman–Crippen MR) is 120 cm³/mol. The molecule has 0 saturated carbocycles. The highest BCUT2D eigenvalue weighted by Gasteiger charge is 2.18. The molecule has 0 bridgehead atoms. The summed E-state index contributed by atoms with van der Waals surface area (Å²) >= 11 is 0. The first kappa shape index (κ1) is 21.6. The standard InChI is InChI=1S/C23H20N6O4/c1-16-22(25-26-28(16)19-5-4-6-20(13-19)29(32)33)23(31)24-14-17-8-10-18(11-9-17)15-27-12-3-2-7-21(27)30/h2-13H,14-15H2,1H3,(H,24,31). The van der Waals surface area contributed by atoms with Crippen LogP contribution in [0.4, 0.5) is 5.69 Å². The molecule has 0 radical (unpaired) electrons. The molecule has 0 fully saturated rings.